The molecule has 1 N–H and O–H groups in total. The zero-order valence-electron chi connectivity index (χ0n) is 14.5. The number of hydrogen-bond donors (Lipinski definition) is 1. The average Bonchev–Trinajstić information content (AvgIpc) is 2.98. The van der Waals surface area contributed by atoms with Crippen LogP contribution in [0.3, 0.4) is 0 Å². The van der Waals surface area contributed by atoms with Crippen molar-refractivity contribution in [3.63, 3.8) is 0 Å². The van der Waals surface area contributed by atoms with E-state index in [9.17, 15) is 9.59 Å². The zero-order valence-corrected chi connectivity index (χ0v) is 14.5. The molecule has 0 spiro atoms. The number of carbonyl (C=O) groups excluding carboxylic acids is 2. The summed E-state index contributed by atoms with van der Waals surface area (Å²) in [6.07, 6.45) is 0.481. The molecule has 0 heterocycles. The number of benzene rings is 2. The summed E-state index contributed by atoms with van der Waals surface area (Å²) in [6.45, 7) is 0.421. The number of hydrogen-bond acceptors (Lipinski definition) is 3. The maximum atomic E-state index is 12.6. The smallest absolute Gasteiger partial charge is 0.406 e. The predicted molar refractivity (Wildman–Crippen MR) is 96.1 cm³/mol. The van der Waals surface area contributed by atoms with Crippen LogP contribution in [0.1, 0.15) is 30.0 Å². The van der Waals surface area contributed by atoms with Crippen LogP contribution in [0.2, 0.25) is 0 Å². The molecule has 0 saturated heterocycles. The van der Waals surface area contributed by atoms with Crippen molar-refractivity contribution in [1.82, 2.24) is 10.2 Å². The van der Waals surface area contributed by atoms with Crippen LogP contribution >= 0.6 is 0 Å². The third-order valence-corrected chi connectivity index (χ3v) is 4.60. The van der Waals surface area contributed by atoms with Gasteiger partial charge in [0.05, 0.1) is 13.2 Å². The second-order valence-electron chi connectivity index (χ2n) is 6.10. The van der Waals surface area contributed by atoms with Crippen LogP contribution in [0.25, 0.3) is 11.1 Å². The number of nitrogens with zero attached hydrogens (tertiary/aromatic N) is 1. The summed E-state index contributed by atoms with van der Waals surface area (Å²) in [7, 11) is 3.17. The van der Waals surface area contributed by atoms with Gasteiger partial charge in [-0.3, -0.25) is 4.79 Å². The molecule has 0 unspecified atom stereocenters. The Hall–Kier alpha value is -2.82. The van der Waals surface area contributed by atoms with E-state index in [1.807, 2.05) is 36.2 Å². The van der Waals surface area contributed by atoms with E-state index >= 15 is 0 Å². The molecule has 0 aliphatic heterocycles. The fraction of sp³-hybridized carbons (Fsp3) is 0.300. The number of methoxy groups -OCH3 is 1. The van der Waals surface area contributed by atoms with Gasteiger partial charge in [-0.1, -0.05) is 48.5 Å². The molecular weight excluding hydrogens is 316 g/mol. The van der Waals surface area contributed by atoms with E-state index in [1.165, 1.54) is 18.2 Å². The van der Waals surface area contributed by atoms with Crippen molar-refractivity contribution in [2.24, 2.45) is 0 Å². The van der Waals surface area contributed by atoms with Crippen molar-refractivity contribution in [2.75, 3.05) is 20.7 Å². The van der Waals surface area contributed by atoms with Crippen molar-refractivity contribution in [1.29, 1.82) is 0 Å². The lowest BCUT2D eigenvalue weighted by Gasteiger charge is -2.26. The monoisotopic (exact) mass is 338 g/mol. The Morgan fingerprint density at radius 2 is 1.60 bits per heavy atom. The first kappa shape index (κ1) is 17.0. The van der Waals surface area contributed by atoms with Gasteiger partial charge in [-0.05, 0) is 28.7 Å². The fourth-order valence-corrected chi connectivity index (χ4v) is 3.37. The van der Waals surface area contributed by atoms with Gasteiger partial charge in [-0.2, -0.15) is 0 Å². The van der Waals surface area contributed by atoms with Crippen LogP contribution in [-0.4, -0.2) is 37.6 Å². The molecule has 0 fully saturated rings. The fourth-order valence-electron chi connectivity index (χ4n) is 3.37. The normalized spacial score (nSPS) is 12.2. The summed E-state index contributed by atoms with van der Waals surface area (Å²) < 4.78 is 4.52. The summed E-state index contributed by atoms with van der Waals surface area (Å²) in [5.74, 6) is 0.0585. The number of fused-ring (bicyclic) bond motifs is 3. The van der Waals surface area contributed by atoms with E-state index in [-0.39, 0.29) is 11.9 Å². The van der Waals surface area contributed by atoms with Crippen LogP contribution in [0.15, 0.2) is 48.5 Å². The number of rotatable bonds is 5. The Bertz CT molecular complexity index is 743. The van der Waals surface area contributed by atoms with Gasteiger partial charge >= 0.3 is 6.09 Å². The predicted octanol–water partition coefficient (Wildman–Crippen LogP) is 3.35. The van der Waals surface area contributed by atoms with Gasteiger partial charge in [0.2, 0.25) is 5.91 Å². The summed E-state index contributed by atoms with van der Waals surface area (Å²) >= 11 is 0. The van der Waals surface area contributed by atoms with Gasteiger partial charge in [0.1, 0.15) is 0 Å². The molecule has 1 aliphatic carbocycles. The van der Waals surface area contributed by atoms with Crippen molar-refractivity contribution in [2.45, 2.75) is 18.9 Å². The third kappa shape index (κ3) is 3.36. The van der Waals surface area contributed by atoms with Crippen molar-refractivity contribution in [3.8, 4) is 11.1 Å². The number of carbonyl (C=O) groups is 2. The average molecular weight is 338 g/mol. The van der Waals surface area contributed by atoms with Gasteiger partial charge in [0, 0.05) is 20.0 Å². The van der Waals surface area contributed by atoms with Crippen molar-refractivity contribution < 1.29 is 14.3 Å². The minimum Gasteiger partial charge on any atom is -0.453 e. The molecule has 0 aromatic heterocycles. The summed E-state index contributed by atoms with van der Waals surface area (Å²) in [5, 5.41) is 2.60. The Morgan fingerprint density at radius 1 is 1.04 bits per heavy atom. The highest BCUT2D eigenvalue weighted by Crippen LogP contribution is 2.45. The van der Waals surface area contributed by atoms with Crippen LogP contribution < -0.4 is 5.32 Å². The lowest BCUT2D eigenvalue weighted by molar-refractivity contribution is -0.131. The van der Waals surface area contributed by atoms with Gasteiger partial charge in [-0.15, -0.1) is 0 Å². The Kier molecular flexibility index (Phi) is 5.03. The first-order valence-electron chi connectivity index (χ1n) is 8.39. The van der Waals surface area contributed by atoms with Crippen LogP contribution in [0.4, 0.5) is 4.79 Å². The first-order valence-corrected chi connectivity index (χ1v) is 8.39. The van der Waals surface area contributed by atoms with E-state index in [0.29, 0.717) is 19.4 Å². The minimum atomic E-state index is -0.473. The Balaban J connectivity index is 1.72. The maximum Gasteiger partial charge on any atom is 0.406 e. The Morgan fingerprint density at radius 3 is 2.16 bits per heavy atom. The zero-order chi connectivity index (χ0) is 17.8. The Labute approximate surface area is 147 Å². The lowest BCUT2D eigenvalue weighted by Crippen LogP contribution is -2.32. The molecule has 0 radical (unpaired) electrons. The molecule has 2 aromatic carbocycles. The molecule has 1 aliphatic rings. The molecular formula is C20H22N2O3. The summed E-state index contributed by atoms with van der Waals surface area (Å²) in [4.78, 5) is 25.5. The van der Waals surface area contributed by atoms with Gasteiger partial charge < -0.3 is 15.0 Å². The second kappa shape index (κ2) is 7.38. The van der Waals surface area contributed by atoms with Crippen LogP contribution in [0, 0.1) is 0 Å². The standard InChI is InChI=1S/C20H22N2O3/c1-22(18(23)12-7-13-21-20(24)25-2)19-16-10-5-3-8-14(16)15-9-4-6-11-17(15)19/h3-6,8-11,19H,7,12-13H2,1-2H3,(H,21,24). The topological polar surface area (TPSA) is 58.6 Å². The van der Waals surface area contributed by atoms with E-state index in [2.05, 4.69) is 34.3 Å². The molecule has 0 bridgehead atoms. The maximum absolute atomic E-state index is 12.6. The van der Waals surface area contributed by atoms with Gasteiger partial charge in [0.15, 0.2) is 0 Å². The lowest BCUT2D eigenvalue weighted by atomic mass is 10.0. The first-order chi connectivity index (χ1) is 12.1. The molecule has 5 heteroatoms. The molecule has 2 amide bonds. The van der Waals surface area contributed by atoms with Crippen molar-refractivity contribution in [3.05, 3.63) is 59.7 Å². The summed E-state index contributed by atoms with van der Waals surface area (Å²) in [5.41, 5.74) is 4.70. The number of alkyl carbamates (subject to hydrolysis) is 1. The number of amides is 2. The van der Waals surface area contributed by atoms with Crippen LogP contribution in [0.5, 0.6) is 0 Å². The molecule has 5 nitrogen and oxygen atoms in total. The van der Waals surface area contributed by atoms with Crippen molar-refractivity contribution >= 4 is 12.0 Å². The molecule has 0 atom stereocenters. The van der Waals surface area contributed by atoms with E-state index in [1.54, 1.807) is 0 Å². The number of ether oxygens (including phenoxy) is 1. The molecule has 0 saturated carbocycles. The summed E-state index contributed by atoms with van der Waals surface area (Å²) in [6, 6.07) is 16.4. The largest absolute Gasteiger partial charge is 0.453 e. The number of nitrogens with one attached hydrogen (secondary N) is 1. The van der Waals surface area contributed by atoms with Gasteiger partial charge in [0.25, 0.3) is 0 Å². The van der Waals surface area contributed by atoms with Gasteiger partial charge in [-0.25, -0.2) is 4.79 Å². The van der Waals surface area contributed by atoms with E-state index in [4.69, 9.17) is 0 Å². The molecule has 2 aromatic rings. The van der Waals surface area contributed by atoms with Crippen LogP contribution in [-0.2, 0) is 9.53 Å². The SMILES string of the molecule is COC(=O)NCCCC(=O)N(C)C1c2ccccc2-c2ccccc21. The highest BCUT2D eigenvalue weighted by molar-refractivity contribution is 5.83. The van der Waals surface area contributed by atoms with E-state index in [0.717, 1.165) is 11.1 Å². The van der Waals surface area contributed by atoms with E-state index < -0.39 is 6.09 Å². The highest BCUT2D eigenvalue weighted by atomic mass is 16.5. The molecule has 3 rings (SSSR count). The molecule has 130 valence electrons. The molecule has 25 heavy (non-hydrogen) atoms. The third-order valence-electron chi connectivity index (χ3n) is 4.60. The minimum absolute atomic E-state index is 0.0585. The second-order valence-corrected chi connectivity index (χ2v) is 6.10. The quantitative estimate of drug-likeness (QED) is 0.851. The highest BCUT2D eigenvalue weighted by Gasteiger charge is 2.32.